The van der Waals surface area contributed by atoms with E-state index in [4.69, 9.17) is 11.6 Å². The fourth-order valence-corrected chi connectivity index (χ4v) is 1.36. The van der Waals surface area contributed by atoms with Gasteiger partial charge in [-0.05, 0) is 13.5 Å². The highest BCUT2D eigenvalue weighted by molar-refractivity contribution is 6.32. The molecule has 1 rings (SSSR count). The molecule has 3 heteroatoms. The molecule has 0 heterocycles. The van der Waals surface area contributed by atoms with Gasteiger partial charge >= 0.3 is 0 Å². The lowest BCUT2D eigenvalue weighted by molar-refractivity contribution is 0.570. The van der Waals surface area contributed by atoms with E-state index < -0.39 is 0 Å². The van der Waals surface area contributed by atoms with Gasteiger partial charge in [-0.2, -0.15) is 0 Å². The van der Waals surface area contributed by atoms with E-state index in [1.54, 1.807) is 7.05 Å². The summed E-state index contributed by atoms with van der Waals surface area (Å²) in [6.45, 7) is 0.515. The summed E-state index contributed by atoms with van der Waals surface area (Å²) in [6, 6.07) is 0. The van der Waals surface area contributed by atoms with Crippen molar-refractivity contribution in [3.8, 4) is 0 Å². The lowest BCUT2D eigenvalue weighted by Crippen LogP contribution is -2.13. The molecule has 0 saturated carbocycles. The number of nitrogens with one attached hydrogen (secondary N) is 1. The predicted octanol–water partition coefficient (Wildman–Crippen LogP) is 2.35. The van der Waals surface area contributed by atoms with Gasteiger partial charge in [-0.15, -0.1) is 0 Å². The van der Waals surface area contributed by atoms with Gasteiger partial charge in [0.15, 0.2) is 0 Å². The summed E-state index contributed by atoms with van der Waals surface area (Å²) in [7, 11) is 1.78. The molecule has 0 radical (unpaired) electrons. The monoisotopic (exact) mass is 175 g/mol. The first-order valence-corrected chi connectivity index (χ1v) is 4.01. The summed E-state index contributed by atoms with van der Waals surface area (Å²) >= 11 is 5.78. The van der Waals surface area contributed by atoms with Crippen molar-refractivity contribution in [2.45, 2.75) is 12.8 Å². The normalized spacial score (nSPS) is 18.6. The maximum absolute atomic E-state index is 13.0. The van der Waals surface area contributed by atoms with E-state index in [0.29, 0.717) is 23.6 Å². The largest absolute Gasteiger partial charge is 0.316 e. The van der Waals surface area contributed by atoms with E-state index in [0.717, 1.165) is 6.42 Å². The van der Waals surface area contributed by atoms with Crippen molar-refractivity contribution in [2.75, 3.05) is 13.6 Å². The molecule has 1 aliphatic rings. The van der Waals surface area contributed by atoms with E-state index in [-0.39, 0.29) is 5.83 Å². The lowest BCUT2D eigenvalue weighted by Gasteiger charge is -2.12. The molecule has 0 atom stereocenters. The van der Waals surface area contributed by atoms with Gasteiger partial charge in [0.1, 0.15) is 5.83 Å². The van der Waals surface area contributed by atoms with E-state index in [1.165, 1.54) is 0 Å². The molecular weight excluding hydrogens is 165 g/mol. The second kappa shape index (κ2) is 3.88. The molecule has 62 valence electrons. The summed E-state index contributed by atoms with van der Waals surface area (Å²) in [5, 5.41) is 3.43. The summed E-state index contributed by atoms with van der Waals surface area (Å²) in [4.78, 5) is 0. The molecule has 1 nitrogen and oxygen atoms in total. The fraction of sp³-hybridized carbons (Fsp3) is 0.500. The Labute approximate surface area is 70.9 Å². The van der Waals surface area contributed by atoms with Gasteiger partial charge in [0.25, 0.3) is 0 Å². The summed E-state index contributed by atoms with van der Waals surface area (Å²) < 4.78 is 13.0. The molecule has 0 aliphatic heterocycles. The van der Waals surface area contributed by atoms with Crippen LogP contribution in [-0.4, -0.2) is 13.6 Å². The van der Waals surface area contributed by atoms with Gasteiger partial charge in [0.05, 0.1) is 0 Å². The van der Waals surface area contributed by atoms with Gasteiger partial charge < -0.3 is 5.32 Å². The third kappa shape index (κ3) is 2.04. The van der Waals surface area contributed by atoms with Crippen LogP contribution in [-0.2, 0) is 0 Å². The molecule has 11 heavy (non-hydrogen) atoms. The van der Waals surface area contributed by atoms with Crippen LogP contribution in [0.25, 0.3) is 0 Å². The van der Waals surface area contributed by atoms with Crippen molar-refractivity contribution in [1.82, 2.24) is 5.32 Å². The highest BCUT2D eigenvalue weighted by Gasteiger charge is 2.12. The first-order chi connectivity index (χ1) is 5.25. The maximum atomic E-state index is 13.0. The lowest BCUT2D eigenvalue weighted by atomic mass is 10.1. The molecule has 1 aliphatic carbocycles. The van der Waals surface area contributed by atoms with Crippen LogP contribution in [0.3, 0.4) is 0 Å². The Morgan fingerprint density at radius 1 is 1.73 bits per heavy atom. The topological polar surface area (TPSA) is 12.0 Å². The second-order valence-corrected chi connectivity index (χ2v) is 2.91. The van der Waals surface area contributed by atoms with E-state index >= 15 is 0 Å². The molecule has 0 fully saturated rings. The molecule has 0 spiro atoms. The smallest absolute Gasteiger partial charge is 0.106 e. The average molecular weight is 176 g/mol. The van der Waals surface area contributed by atoms with Gasteiger partial charge in [-0.1, -0.05) is 17.7 Å². The van der Waals surface area contributed by atoms with Gasteiger partial charge in [0, 0.05) is 23.6 Å². The zero-order chi connectivity index (χ0) is 8.27. The second-order valence-electron chi connectivity index (χ2n) is 2.50. The van der Waals surface area contributed by atoms with Crippen LogP contribution >= 0.6 is 11.6 Å². The zero-order valence-electron chi connectivity index (χ0n) is 6.45. The highest BCUT2D eigenvalue weighted by atomic mass is 35.5. The van der Waals surface area contributed by atoms with Gasteiger partial charge in [-0.3, -0.25) is 0 Å². The first-order valence-electron chi connectivity index (χ1n) is 3.64. The third-order valence-electron chi connectivity index (χ3n) is 1.66. The Kier molecular flexibility index (Phi) is 3.09. The average Bonchev–Trinajstić information content (AvgIpc) is 1.97. The molecule has 0 amide bonds. The zero-order valence-corrected chi connectivity index (χ0v) is 7.21. The Morgan fingerprint density at radius 2 is 2.45 bits per heavy atom. The Morgan fingerprint density at radius 3 is 3.00 bits per heavy atom. The van der Waals surface area contributed by atoms with Crippen LogP contribution in [0.1, 0.15) is 12.8 Å². The van der Waals surface area contributed by atoms with E-state index in [2.05, 4.69) is 5.32 Å². The molecule has 0 aromatic heterocycles. The number of likely N-dealkylation sites (N-methyl/N-ethyl adjacent to an activating group) is 1. The SMILES string of the molecule is CNCC1=C(F)CCC=C1Cl. The minimum absolute atomic E-state index is 0.0770. The van der Waals surface area contributed by atoms with Crippen molar-refractivity contribution in [3.05, 3.63) is 22.5 Å². The third-order valence-corrected chi connectivity index (χ3v) is 2.04. The number of hydrogen-bond acceptors (Lipinski definition) is 1. The molecular formula is C8H11ClFN. The molecule has 0 bridgehead atoms. The molecule has 0 aromatic carbocycles. The Bertz CT molecular complexity index is 208. The highest BCUT2D eigenvalue weighted by Crippen LogP contribution is 2.27. The van der Waals surface area contributed by atoms with E-state index in [1.807, 2.05) is 6.08 Å². The van der Waals surface area contributed by atoms with Crippen molar-refractivity contribution in [2.24, 2.45) is 0 Å². The van der Waals surface area contributed by atoms with Crippen LogP contribution < -0.4 is 5.32 Å². The number of hydrogen-bond donors (Lipinski definition) is 1. The van der Waals surface area contributed by atoms with Crippen molar-refractivity contribution in [3.63, 3.8) is 0 Å². The molecule has 0 unspecified atom stereocenters. The standard InChI is InChI=1S/C8H11ClFN/c1-11-5-6-7(9)3-2-4-8(6)10/h3,11H,2,4-5H2,1H3. The number of rotatable bonds is 2. The van der Waals surface area contributed by atoms with Crippen LogP contribution in [0, 0.1) is 0 Å². The van der Waals surface area contributed by atoms with Gasteiger partial charge in [0.2, 0.25) is 0 Å². The van der Waals surface area contributed by atoms with Crippen molar-refractivity contribution in [1.29, 1.82) is 0 Å². The Balaban J connectivity index is 2.76. The summed E-state index contributed by atoms with van der Waals surface area (Å²) in [5.41, 5.74) is 0.611. The summed E-state index contributed by atoms with van der Waals surface area (Å²) in [5.74, 6) is -0.0770. The number of halogens is 2. The maximum Gasteiger partial charge on any atom is 0.106 e. The minimum Gasteiger partial charge on any atom is -0.316 e. The fourth-order valence-electron chi connectivity index (χ4n) is 1.09. The van der Waals surface area contributed by atoms with Crippen molar-refractivity contribution < 1.29 is 4.39 Å². The molecule has 1 N–H and O–H groups in total. The molecule has 0 aromatic rings. The quantitative estimate of drug-likeness (QED) is 0.680. The van der Waals surface area contributed by atoms with Crippen molar-refractivity contribution >= 4 is 11.6 Å². The van der Waals surface area contributed by atoms with Gasteiger partial charge in [-0.25, -0.2) is 4.39 Å². The number of allylic oxidation sites excluding steroid dienone is 2. The Hall–Kier alpha value is -0.340. The van der Waals surface area contributed by atoms with Crippen LogP contribution in [0.15, 0.2) is 22.5 Å². The van der Waals surface area contributed by atoms with Crippen LogP contribution in [0.2, 0.25) is 0 Å². The minimum atomic E-state index is -0.0770. The predicted molar refractivity (Wildman–Crippen MR) is 45.2 cm³/mol. The van der Waals surface area contributed by atoms with E-state index in [9.17, 15) is 4.39 Å². The van der Waals surface area contributed by atoms with Crippen LogP contribution in [0.5, 0.6) is 0 Å². The summed E-state index contributed by atoms with van der Waals surface area (Å²) in [6.07, 6.45) is 3.07. The molecule has 0 saturated heterocycles. The van der Waals surface area contributed by atoms with Crippen LogP contribution in [0.4, 0.5) is 4.39 Å². The first kappa shape index (κ1) is 8.75.